The number of hydrogen-bond donors (Lipinski definition) is 2. The van der Waals surface area contributed by atoms with E-state index in [1.54, 1.807) is 28.8 Å². The summed E-state index contributed by atoms with van der Waals surface area (Å²) >= 11 is 22.6. The third kappa shape index (κ3) is 5.31. The Hall–Kier alpha value is -1.71. The second kappa shape index (κ2) is 10.1. The van der Waals surface area contributed by atoms with Crippen LogP contribution in [0.2, 0.25) is 15.1 Å². The molecule has 2 N–H and O–H groups in total. The summed E-state index contributed by atoms with van der Waals surface area (Å²) in [6.07, 6.45) is 1.68. The number of carbonyl (C=O) groups excluding carboxylic acids is 1. The summed E-state index contributed by atoms with van der Waals surface area (Å²) < 4.78 is 2.55. The maximum atomic E-state index is 12.4. The van der Waals surface area contributed by atoms with Crippen molar-refractivity contribution >= 4 is 74.1 Å². The van der Waals surface area contributed by atoms with Crippen molar-refractivity contribution in [3.8, 4) is 17.1 Å². The molecule has 1 amide bonds. The monoisotopic (exact) mass is 546 g/mol. The average Bonchev–Trinajstić information content (AvgIpc) is 3.09. The van der Waals surface area contributed by atoms with Crippen molar-refractivity contribution in [2.45, 2.75) is 11.7 Å². The summed E-state index contributed by atoms with van der Waals surface area (Å²) in [4.78, 5) is 12.4. The second-order valence-electron chi connectivity index (χ2n) is 5.95. The lowest BCUT2D eigenvalue weighted by Gasteiger charge is -2.10. The van der Waals surface area contributed by atoms with E-state index in [1.165, 1.54) is 23.9 Å². The number of amides is 1. The van der Waals surface area contributed by atoms with Gasteiger partial charge in [0.15, 0.2) is 11.0 Å². The van der Waals surface area contributed by atoms with E-state index in [-0.39, 0.29) is 27.5 Å². The third-order valence-electron chi connectivity index (χ3n) is 3.84. The molecule has 1 heterocycles. The second-order valence-corrected chi connectivity index (χ2v) is 9.03. The van der Waals surface area contributed by atoms with Gasteiger partial charge in [-0.1, -0.05) is 68.6 Å². The molecule has 0 bridgehead atoms. The van der Waals surface area contributed by atoms with Gasteiger partial charge in [0.2, 0.25) is 5.91 Å². The largest absolute Gasteiger partial charge is 0.507 e. The lowest BCUT2D eigenvalue weighted by Crippen LogP contribution is -2.15. The fourth-order valence-electron chi connectivity index (χ4n) is 2.51. The van der Waals surface area contributed by atoms with Crippen molar-refractivity contribution in [1.82, 2.24) is 14.8 Å². The van der Waals surface area contributed by atoms with E-state index in [0.717, 1.165) is 4.47 Å². The molecule has 0 unspecified atom stereocenters. The maximum Gasteiger partial charge on any atom is 0.234 e. The first-order valence-electron chi connectivity index (χ1n) is 8.40. The van der Waals surface area contributed by atoms with E-state index in [2.05, 4.69) is 38.0 Å². The van der Waals surface area contributed by atoms with Crippen molar-refractivity contribution in [3.63, 3.8) is 0 Å². The first kappa shape index (κ1) is 23.0. The van der Waals surface area contributed by atoms with Crippen molar-refractivity contribution in [3.05, 3.63) is 62.5 Å². The number of thioether (sulfide) groups is 1. The number of benzene rings is 2. The summed E-state index contributed by atoms with van der Waals surface area (Å²) in [7, 11) is 0. The van der Waals surface area contributed by atoms with Gasteiger partial charge >= 0.3 is 0 Å². The van der Waals surface area contributed by atoms with Crippen LogP contribution in [0.1, 0.15) is 0 Å². The minimum absolute atomic E-state index is 0.0519. The number of nitrogens with zero attached hydrogens (tertiary/aromatic N) is 3. The minimum atomic E-state index is -0.305. The number of phenols is 1. The van der Waals surface area contributed by atoms with Crippen LogP contribution < -0.4 is 5.32 Å². The van der Waals surface area contributed by atoms with Gasteiger partial charge in [-0.15, -0.1) is 16.8 Å². The highest BCUT2D eigenvalue weighted by Gasteiger charge is 2.18. The van der Waals surface area contributed by atoms with Crippen molar-refractivity contribution in [2.75, 3.05) is 11.1 Å². The number of aromatic nitrogens is 3. The van der Waals surface area contributed by atoms with E-state index in [1.807, 2.05) is 0 Å². The Morgan fingerprint density at radius 2 is 1.93 bits per heavy atom. The predicted molar refractivity (Wildman–Crippen MR) is 126 cm³/mol. The van der Waals surface area contributed by atoms with E-state index in [4.69, 9.17) is 34.8 Å². The van der Waals surface area contributed by atoms with E-state index in [0.29, 0.717) is 33.8 Å². The Kier molecular flexibility index (Phi) is 7.70. The maximum absolute atomic E-state index is 12.4. The van der Waals surface area contributed by atoms with E-state index < -0.39 is 0 Å². The molecule has 0 spiro atoms. The fraction of sp³-hybridized carbons (Fsp3) is 0.105. The Labute approximate surface area is 200 Å². The Morgan fingerprint density at radius 3 is 2.67 bits per heavy atom. The van der Waals surface area contributed by atoms with E-state index >= 15 is 0 Å². The zero-order chi connectivity index (χ0) is 21.8. The van der Waals surface area contributed by atoms with Crippen LogP contribution >= 0.6 is 62.5 Å². The minimum Gasteiger partial charge on any atom is -0.507 e. The molecule has 3 aromatic rings. The lowest BCUT2D eigenvalue weighted by molar-refractivity contribution is -0.113. The number of halogens is 4. The number of rotatable bonds is 7. The molecule has 0 aliphatic rings. The predicted octanol–water partition coefficient (Wildman–Crippen LogP) is 6.29. The molecule has 0 fully saturated rings. The van der Waals surface area contributed by atoms with E-state index in [9.17, 15) is 9.90 Å². The van der Waals surface area contributed by atoms with Crippen molar-refractivity contribution in [2.24, 2.45) is 0 Å². The molecule has 0 aliphatic heterocycles. The molecule has 11 heteroatoms. The number of nitrogens with one attached hydrogen (secondary N) is 1. The van der Waals surface area contributed by atoms with Gasteiger partial charge < -0.3 is 10.4 Å². The number of allylic oxidation sites excluding steroid dienone is 1. The molecule has 3 rings (SSSR count). The molecule has 2 aromatic carbocycles. The summed E-state index contributed by atoms with van der Waals surface area (Å²) in [6, 6.07) is 7.98. The highest BCUT2D eigenvalue weighted by Crippen LogP contribution is 2.34. The molecule has 156 valence electrons. The van der Waals surface area contributed by atoms with Gasteiger partial charge in [0, 0.05) is 11.0 Å². The van der Waals surface area contributed by atoms with Gasteiger partial charge in [-0.25, -0.2) is 0 Å². The number of hydrogen-bond acceptors (Lipinski definition) is 5. The zero-order valence-electron chi connectivity index (χ0n) is 15.2. The molecular weight excluding hydrogens is 535 g/mol. The summed E-state index contributed by atoms with van der Waals surface area (Å²) in [6.45, 7) is 4.15. The molecule has 0 atom stereocenters. The summed E-state index contributed by atoms with van der Waals surface area (Å²) in [5.41, 5.74) is 0.876. The van der Waals surface area contributed by atoms with Crippen molar-refractivity contribution < 1.29 is 9.90 Å². The molecule has 30 heavy (non-hydrogen) atoms. The van der Waals surface area contributed by atoms with Gasteiger partial charge in [0.05, 0.1) is 32.1 Å². The molecule has 1 aromatic heterocycles. The first-order valence-corrected chi connectivity index (χ1v) is 11.3. The summed E-state index contributed by atoms with van der Waals surface area (Å²) in [5.74, 6) is 0.278. The first-order chi connectivity index (χ1) is 14.3. The molecule has 0 radical (unpaired) electrons. The molecule has 0 saturated heterocycles. The quantitative estimate of drug-likeness (QED) is 0.206. The Morgan fingerprint density at radius 1 is 1.20 bits per heavy atom. The Bertz CT molecular complexity index is 1120. The van der Waals surface area contributed by atoms with Gasteiger partial charge in [0.1, 0.15) is 5.75 Å². The number of aromatic hydroxyl groups is 1. The fourth-order valence-corrected chi connectivity index (χ4v) is 4.21. The SMILES string of the molecule is C=CCn1c(SCC(=O)Nc2cc(Cl)c(Cl)cc2Cl)nnc1-c1cc(Br)ccc1O. The molecule has 0 aliphatic carbocycles. The standard InChI is InChI=1S/C19H14BrCl3N4O2S/c1-2-5-27-18(11-6-10(20)3-4-16(11)28)25-26-19(27)30-9-17(29)24-15-8-13(22)12(21)7-14(15)23/h2-4,6-8,28H,1,5,9H2,(H,24,29). The van der Waals surface area contributed by atoms with Crippen LogP contribution in [-0.2, 0) is 11.3 Å². The highest BCUT2D eigenvalue weighted by molar-refractivity contribution is 9.10. The molecule has 0 saturated carbocycles. The van der Waals surface area contributed by atoms with Crippen LogP contribution in [0.3, 0.4) is 0 Å². The van der Waals surface area contributed by atoms with Crippen LogP contribution in [0.4, 0.5) is 5.69 Å². The summed E-state index contributed by atoms with van der Waals surface area (Å²) in [5, 5.41) is 22.6. The third-order valence-corrected chi connectivity index (χ3v) is 6.34. The highest BCUT2D eigenvalue weighted by atomic mass is 79.9. The normalized spacial score (nSPS) is 10.8. The van der Waals surface area contributed by atoms with Gasteiger partial charge in [-0.05, 0) is 30.3 Å². The van der Waals surface area contributed by atoms with Crippen LogP contribution in [0.5, 0.6) is 5.75 Å². The average molecular weight is 549 g/mol. The Balaban J connectivity index is 1.78. The van der Waals surface area contributed by atoms with Gasteiger partial charge in [-0.3, -0.25) is 9.36 Å². The van der Waals surface area contributed by atoms with Crippen LogP contribution in [0.15, 0.2) is 52.6 Å². The topological polar surface area (TPSA) is 80.0 Å². The molecular formula is C19H14BrCl3N4O2S. The van der Waals surface area contributed by atoms with Gasteiger partial charge in [-0.2, -0.15) is 0 Å². The lowest BCUT2D eigenvalue weighted by atomic mass is 10.2. The zero-order valence-corrected chi connectivity index (χ0v) is 19.9. The van der Waals surface area contributed by atoms with Crippen LogP contribution in [-0.4, -0.2) is 31.5 Å². The number of phenolic OH excluding ortho intramolecular Hbond substituents is 1. The smallest absolute Gasteiger partial charge is 0.234 e. The molecule has 6 nitrogen and oxygen atoms in total. The van der Waals surface area contributed by atoms with Crippen LogP contribution in [0, 0.1) is 0 Å². The van der Waals surface area contributed by atoms with Gasteiger partial charge in [0.25, 0.3) is 0 Å². The number of anilines is 1. The van der Waals surface area contributed by atoms with Crippen LogP contribution in [0.25, 0.3) is 11.4 Å². The number of carbonyl (C=O) groups is 1. The van der Waals surface area contributed by atoms with Crippen molar-refractivity contribution in [1.29, 1.82) is 0 Å².